The van der Waals surface area contributed by atoms with E-state index in [0.29, 0.717) is 18.1 Å². The number of ether oxygens (including phenoxy) is 1. The predicted molar refractivity (Wildman–Crippen MR) is 90.9 cm³/mol. The van der Waals surface area contributed by atoms with Crippen molar-refractivity contribution in [2.45, 2.75) is 32.8 Å². The number of para-hydroxylation sites is 1. The lowest BCUT2D eigenvalue weighted by Gasteiger charge is -2.27. The molecule has 0 saturated heterocycles. The quantitative estimate of drug-likeness (QED) is 0.541. The average Bonchev–Trinajstić information content (AvgIpc) is 2.41. The molecule has 0 saturated carbocycles. The summed E-state index contributed by atoms with van der Waals surface area (Å²) in [6.45, 7) is 8.79. The van der Waals surface area contributed by atoms with Gasteiger partial charge in [-0.2, -0.15) is 0 Å². The molecule has 0 bridgehead atoms. The number of hydrogen-bond donors (Lipinski definition) is 2. The Bertz CT molecular complexity index is 458. The van der Waals surface area contributed by atoms with E-state index >= 15 is 0 Å². The fourth-order valence-electron chi connectivity index (χ4n) is 2.16. The van der Waals surface area contributed by atoms with E-state index in [1.807, 2.05) is 38.1 Å². The maximum atomic E-state index is 9.85. The number of nitrogens with two attached hydrogens (primary N) is 1. The minimum Gasteiger partial charge on any atom is -0.493 e. The molecule has 0 fully saturated rings. The molecule has 0 heterocycles. The van der Waals surface area contributed by atoms with Crippen LogP contribution in [0.4, 0.5) is 0 Å². The molecule has 0 aliphatic rings. The van der Waals surface area contributed by atoms with E-state index in [-0.39, 0.29) is 0 Å². The Kier molecular flexibility index (Phi) is 7.08. The van der Waals surface area contributed by atoms with E-state index in [2.05, 4.69) is 11.8 Å². The van der Waals surface area contributed by atoms with Crippen LogP contribution in [0.2, 0.25) is 0 Å². The third-order valence-corrected chi connectivity index (χ3v) is 3.31. The number of likely N-dealkylation sites (N-methyl/N-ethyl adjacent to an activating group) is 1. The van der Waals surface area contributed by atoms with E-state index in [4.69, 9.17) is 22.7 Å². The Balaban J connectivity index is 2.42. The average molecular weight is 310 g/mol. The van der Waals surface area contributed by atoms with Crippen LogP contribution in [-0.4, -0.2) is 46.8 Å². The second kappa shape index (κ2) is 8.32. The van der Waals surface area contributed by atoms with Gasteiger partial charge in [0.2, 0.25) is 0 Å². The van der Waals surface area contributed by atoms with Crippen molar-refractivity contribution in [2.24, 2.45) is 5.73 Å². The second-order valence-electron chi connectivity index (χ2n) is 5.74. The van der Waals surface area contributed by atoms with Gasteiger partial charge in [0.15, 0.2) is 0 Å². The predicted octanol–water partition coefficient (Wildman–Crippen LogP) is 2.18. The molecular weight excluding hydrogens is 284 g/mol. The lowest BCUT2D eigenvalue weighted by molar-refractivity contribution is 0.0364. The van der Waals surface area contributed by atoms with Gasteiger partial charge in [-0.15, -0.1) is 0 Å². The highest BCUT2D eigenvalue weighted by molar-refractivity contribution is 7.80. The Morgan fingerprint density at radius 3 is 2.62 bits per heavy atom. The van der Waals surface area contributed by atoms with Gasteiger partial charge in [0, 0.05) is 13.1 Å². The number of hydrogen-bond acceptors (Lipinski definition) is 4. The zero-order valence-corrected chi connectivity index (χ0v) is 13.9. The fourth-order valence-corrected chi connectivity index (χ4v) is 2.33. The number of rotatable bonds is 9. The zero-order chi connectivity index (χ0) is 15.9. The van der Waals surface area contributed by atoms with Crippen LogP contribution in [0, 0.1) is 0 Å². The molecule has 0 amide bonds. The molecule has 0 aromatic heterocycles. The Hall–Kier alpha value is -1.17. The highest BCUT2D eigenvalue weighted by Crippen LogP contribution is 2.17. The van der Waals surface area contributed by atoms with E-state index in [9.17, 15) is 5.11 Å². The fraction of sp³-hybridized carbons (Fsp3) is 0.562. The van der Waals surface area contributed by atoms with E-state index in [1.54, 1.807) is 0 Å². The molecule has 5 heteroatoms. The van der Waals surface area contributed by atoms with Gasteiger partial charge in [0.1, 0.15) is 10.7 Å². The lowest BCUT2D eigenvalue weighted by atomic mass is 10.1. The molecule has 118 valence electrons. The van der Waals surface area contributed by atoms with Crippen LogP contribution < -0.4 is 10.5 Å². The van der Waals surface area contributed by atoms with Crippen molar-refractivity contribution < 1.29 is 9.84 Å². The third-order valence-electron chi connectivity index (χ3n) is 3.09. The van der Waals surface area contributed by atoms with Crippen LogP contribution in [0.5, 0.6) is 5.75 Å². The Morgan fingerprint density at radius 1 is 1.38 bits per heavy atom. The molecule has 4 nitrogen and oxygen atoms in total. The van der Waals surface area contributed by atoms with Gasteiger partial charge in [-0.25, -0.2) is 0 Å². The van der Waals surface area contributed by atoms with Gasteiger partial charge in [0.25, 0.3) is 0 Å². The summed E-state index contributed by atoms with van der Waals surface area (Å²) in [5.74, 6) is 0.732. The largest absolute Gasteiger partial charge is 0.493 e. The van der Waals surface area contributed by atoms with E-state index in [1.165, 1.54) is 0 Å². The van der Waals surface area contributed by atoms with Crippen LogP contribution in [0.15, 0.2) is 24.3 Å². The second-order valence-corrected chi connectivity index (χ2v) is 6.18. The normalized spacial score (nSPS) is 11.7. The van der Waals surface area contributed by atoms with E-state index in [0.717, 1.165) is 30.8 Å². The van der Waals surface area contributed by atoms with Gasteiger partial charge in [0.05, 0.1) is 17.8 Å². The van der Waals surface area contributed by atoms with Gasteiger partial charge in [-0.05, 0) is 38.9 Å². The minimum atomic E-state index is -0.671. The minimum absolute atomic E-state index is 0.350. The van der Waals surface area contributed by atoms with Crippen molar-refractivity contribution >= 4 is 17.2 Å². The molecule has 1 aromatic carbocycles. The van der Waals surface area contributed by atoms with Gasteiger partial charge >= 0.3 is 0 Å². The molecule has 0 spiro atoms. The zero-order valence-electron chi connectivity index (χ0n) is 13.1. The molecule has 1 aromatic rings. The van der Waals surface area contributed by atoms with Gasteiger partial charge < -0.3 is 20.5 Å². The molecule has 0 atom stereocenters. The highest BCUT2D eigenvalue weighted by atomic mass is 32.1. The molecule has 0 unspecified atom stereocenters. The first-order valence-corrected chi connectivity index (χ1v) is 7.70. The lowest BCUT2D eigenvalue weighted by Crippen LogP contribution is -2.39. The first-order valence-electron chi connectivity index (χ1n) is 7.30. The standard InChI is InChI=1S/C16H26N2O2S/c1-4-18(12-16(2,3)19)10-7-11-20-14-9-6-5-8-13(14)15(17)21/h5-6,8-9,19H,4,7,10-12H2,1-3H3,(H2,17,21). The maximum Gasteiger partial charge on any atom is 0.129 e. The number of aliphatic hydroxyl groups is 1. The van der Waals surface area contributed by atoms with Crippen LogP contribution in [-0.2, 0) is 0 Å². The van der Waals surface area contributed by atoms with Crippen LogP contribution >= 0.6 is 12.2 Å². The molecule has 3 N–H and O–H groups in total. The Labute approximate surface area is 132 Å². The van der Waals surface area contributed by atoms with Crippen molar-refractivity contribution in [1.29, 1.82) is 0 Å². The SMILES string of the molecule is CCN(CCCOc1ccccc1C(N)=S)CC(C)(C)O. The number of benzene rings is 1. The Morgan fingerprint density at radius 2 is 2.05 bits per heavy atom. The maximum absolute atomic E-state index is 9.85. The van der Waals surface area contributed by atoms with E-state index < -0.39 is 5.60 Å². The molecule has 0 aliphatic carbocycles. The van der Waals surface area contributed by atoms with Crippen molar-refractivity contribution in [2.75, 3.05) is 26.2 Å². The van der Waals surface area contributed by atoms with Crippen LogP contribution in [0.1, 0.15) is 32.8 Å². The van der Waals surface area contributed by atoms with Crippen LogP contribution in [0.3, 0.4) is 0 Å². The number of nitrogens with zero attached hydrogens (tertiary/aromatic N) is 1. The molecular formula is C16H26N2O2S. The summed E-state index contributed by atoms with van der Waals surface area (Å²) in [4.78, 5) is 2.56. The molecule has 1 rings (SSSR count). The van der Waals surface area contributed by atoms with Gasteiger partial charge in [-0.1, -0.05) is 31.3 Å². The summed E-state index contributed by atoms with van der Waals surface area (Å²) >= 11 is 5.01. The van der Waals surface area contributed by atoms with Crippen molar-refractivity contribution in [3.05, 3.63) is 29.8 Å². The van der Waals surface area contributed by atoms with Gasteiger partial charge in [-0.3, -0.25) is 0 Å². The summed E-state index contributed by atoms with van der Waals surface area (Å²) < 4.78 is 5.77. The molecule has 21 heavy (non-hydrogen) atoms. The summed E-state index contributed by atoms with van der Waals surface area (Å²) in [6.07, 6.45) is 0.885. The number of thiocarbonyl (C=S) groups is 1. The topological polar surface area (TPSA) is 58.7 Å². The van der Waals surface area contributed by atoms with Crippen LogP contribution in [0.25, 0.3) is 0 Å². The highest BCUT2D eigenvalue weighted by Gasteiger charge is 2.16. The van der Waals surface area contributed by atoms with Crippen molar-refractivity contribution in [3.8, 4) is 5.75 Å². The molecule has 0 radical (unpaired) electrons. The smallest absolute Gasteiger partial charge is 0.129 e. The first-order chi connectivity index (χ1) is 9.83. The summed E-state index contributed by atoms with van der Waals surface area (Å²) in [5, 5.41) is 9.85. The summed E-state index contributed by atoms with van der Waals surface area (Å²) in [7, 11) is 0. The van der Waals surface area contributed by atoms with Crippen molar-refractivity contribution in [3.63, 3.8) is 0 Å². The van der Waals surface area contributed by atoms with Crippen molar-refractivity contribution in [1.82, 2.24) is 4.90 Å². The third kappa shape index (κ3) is 6.89. The first kappa shape index (κ1) is 17.9. The molecule has 0 aliphatic heterocycles. The summed E-state index contributed by atoms with van der Waals surface area (Å²) in [6, 6.07) is 7.54. The monoisotopic (exact) mass is 310 g/mol. The summed E-state index contributed by atoms with van der Waals surface area (Å²) in [5.41, 5.74) is 5.78.